The summed E-state index contributed by atoms with van der Waals surface area (Å²) in [5.41, 5.74) is 0.853. The third-order valence-corrected chi connectivity index (χ3v) is 5.78. The van der Waals surface area contributed by atoms with Crippen molar-refractivity contribution in [2.75, 3.05) is 6.54 Å². The van der Waals surface area contributed by atoms with Crippen LogP contribution in [0.2, 0.25) is 0 Å². The lowest BCUT2D eigenvalue weighted by atomic mass is 9.97. The Morgan fingerprint density at radius 2 is 2.05 bits per heavy atom. The number of nitrogens with zero attached hydrogens (tertiary/aromatic N) is 3. The molecular weight excluding hydrogens is 286 g/mol. The Hall–Kier alpha value is -1.45. The summed E-state index contributed by atoms with van der Waals surface area (Å²) in [5, 5.41) is 8.12. The second-order valence-corrected chi connectivity index (χ2v) is 7.32. The summed E-state index contributed by atoms with van der Waals surface area (Å²) in [6, 6.07) is 5.27. The van der Waals surface area contributed by atoms with Crippen LogP contribution >= 0.6 is 0 Å². The molecule has 0 saturated carbocycles. The largest absolute Gasteiger partial charge is 0.264 e. The number of rotatable bonds is 7. The smallest absolute Gasteiger partial charge is 0.231 e. The van der Waals surface area contributed by atoms with Crippen molar-refractivity contribution in [2.24, 2.45) is 5.92 Å². The molecule has 0 spiro atoms. The molecule has 0 N–H and O–H groups in total. The minimum absolute atomic E-state index is 0.0834. The molecule has 0 aromatic carbocycles. The zero-order chi connectivity index (χ0) is 16.0. The van der Waals surface area contributed by atoms with E-state index in [4.69, 9.17) is 5.26 Å². The molecule has 2 atom stereocenters. The van der Waals surface area contributed by atoms with Crippen molar-refractivity contribution in [3.63, 3.8) is 0 Å². The summed E-state index contributed by atoms with van der Waals surface area (Å²) in [6.45, 7) is 7.80. The van der Waals surface area contributed by atoms with E-state index >= 15 is 0 Å². The van der Waals surface area contributed by atoms with Crippen LogP contribution in [0.15, 0.2) is 24.5 Å². The van der Waals surface area contributed by atoms with Crippen LogP contribution in [-0.4, -0.2) is 29.5 Å². The predicted molar refractivity (Wildman–Crippen MR) is 82.8 cm³/mol. The maximum atomic E-state index is 12.7. The molecule has 6 heteroatoms. The molecule has 0 amide bonds. The Bertz CT molecular complexity index is 579. The highest BCUT2D eigenvalue weighted by Crippen LogP contribution is 2.32. The molecule has 21 heavy (non-hydrogen) atoms. The minimum Gasteiger partial charge on any atom is -0.264 e. The molecule has 1 heterocycles. The average molecular weight is 309 g/mol. The molecule has 1 aromatic rings. The maximum Gasteiger partial charge on any atom is 0.231 e. The summed E-state index contributed by atoms with van der Waals surface area (Å²) in [7, 11) is -3.66. The molecule has 0 aliphatic carbocycles. The first-order chi connectivity index (χ1) is 9.89. The van der Waals surface area contributed by atoms with Gasteiger partial charge in [-0.25, -0.2) is 8.42 Å². The molecule has 116 valence electrons. The molecule has 1 rings (SSSR count). The summed E-state index contributed by atoms with van der Waals surface area (Å²) >= 11 is 0. The average Bonchev–Trinajstić information content (AvgIpc) is 2.45. The second kappa shape index (κ2) is 7.53. The highest BCUT2D eigenvalue weighted by Gasteiger charge is 2.36. The molecule has 1 aromatic heterocycles. The molecule has 0 fully saturated rings. The van der Waals surface area contributed by atoms with Gasteiger partial charge in [-0.15, -0.1) is 0 Å². The van der Waals surface area contributed by atoms with Gasteiger partial charge in [0.05, 0.1) is 12.1 Å². The van der Waals surface area contributed by atoms with E-state index in [1.165, 1.54) is 4.31 Å². The first-order valence-corrected chi connectivity index (χ1v) is 8.70. The van der Waals surface area contributed by atoms with Crippen molar-refractivity contribution >= 4 is 10.0 Å². The fraction of sp³-hybridized carbons (Fsp3) is 0.600. The van der Waals surface area contributed by atoms with Crippen molar-refractivity contribution < 1.29 is 8.42 Å². The van der Waals surface area contributed by atoms with Crippen molar-refractivity contribution in [2.45, 2.75) is 45.4 Å². The maximum absolute atomic E-state index is 12.7. The van der Waals surface area contributed by atoms with Gasteiger partial charge in [-0.05, 0) is 24.0 Å². The van der Waals surface area contributed by atoms with E-state index in [9.17, 15) is 8.42 Å². The van der Waals surface area contributed by atoms with E-state index in [0.29, 0.717) is 6.54 Å². The molecule has 5 nitrogen and oxygen atoms in total. The van der Waals surface area contributed by atoms with E-state index in [0.717, 1.165) is 5.56 Å². The molecule has 0 aliphatic rings. The lowest BCUT2D eigenvalue weighted by Crippen LogP contribution is -2.42. The van der Waals surface area contributed by atoms with E-state index < -0.39 is 15.3 Å². The van der Waals surface area contributed by atoms with E-state index in [1.807, 2.05) is 26.0 Å². The van der Waals surface area contributed by atoms with Crippen LogP contribution in [0.25, 0.3) is 0 Å². The van der Waals surface area contributed by atoms with E-state index in [1.54, 1.807) is 32.3 Å². The van der Waals surface area contributed by atoms with E-state index in [2.05, 4.69) is 4.98 Å². The van der Waals surface area contributed by atoms with Crippen molar-refractivity contribution in [3.8, 4) is 6.07 Å². The van der Waals surface area contributed by atoms with Crippen molar-refractivity contribution in [3.05, 3.63) is 30.1 Å². The Labute approximate surface area is 127 Å². The number of sulfonamides is 1. The lowest BCUT2D eigenvalue weighted by Gasteiger charge is -2.34. The standard InChI is InChI=1S/C15H23N3O2S/c1-5-14(10-16)21(19,20)18(6-2)15(12(3)4)13-8-7-9-17-11-13/h7-9,11-12,14-15H,5-6H2,1-4H3/t14-,15-/m0/s1. The van der Waals surface area contributed by atoms with Gasteiger partial charge in [-0.1, -0.05) is 33.8 Å². The van der Waals surface area contributed by atoms with Gasteiger partial charge in [-0.3, -0.25) is 4.98 Å². The molecular formula is C15H23N3O2S. The highest BCUT2D eigenvalue weighted by molar-refractivity contribution is 7.90. The normalized spacial score (nSPS) is 14.9. The van der Waals surface area contributed by atoms with Gasteiger partial charge in [0.1, 0.15) is 0 Å². The van der Waals surface area contributed by atoms with Gasteiger partial charge in [0.2, 0.25) is 10.0 Å². The summed E-state index contributed by atoms with van der Waals surface area (Å²) in [4.78, 5) is 4.09. The zero-order valence-corrected chi connectivity index (χ0v) is 13.8. The molecule has 0 aliphatic heterocycles. The van der Waals surface area contributed by atoms with Crippen LogP contribution in [0.4, 0.5) is 0 Å². The Kier molecular flexibility index (Phi) is 6.31. The first kappa shape index (κ1) is 17.6. The quantitative estimate of drug-likeness (QED) is 0.776. The number of nitriles is 1. The minimum atomic E-state index is -3.66. The molecule has 0 bridgehead atoms. The Morgan fingerprint density at radius 3 is 2.43 bits per heavy atom. The fourth-order valence-electron chi connectivity index (χ4n) is 2.50. The summed E-state index contributed by atoms with van der Waals surface area (Å²) in [6.07, 6.45) is 3.64. The van der Waals surface area contributed by atoms with Crippen LogP contribution in [0.3, 0.4) is 0 Å². The van der Waals surface area contributed by atoms with Crippen LogP contribution < -0.4 is 0 Å². The molecule has 0 saturated heterocycles. The van der Waals surface area contributed by atoms with Gasteiger partial charge in [0.15, 0.2) is 5.25 Å². The predicted octanol–water partition coefficient (Wildman–Crippen LogP) is 2.73. The van der Waals surface area contributed by atoms with Gasteiger partial charge >= 0.3 is 0 Å². The van der Waals surface area contributed by atoms with Gasteiger partial charge in [-0.2, -0.15) is 9.57 Å². The second-order valence-electron chi connectivity index (χ2n) is 5.25. The van der Waals surface area contributed by atoms with E-state index in [-0.39, 0.29) is 18.4 Å². The topological polar surface area (TPSA) is 74.1 Å². The highest BCUT2D eigenvalue weighted by atomic mass is 32.2. The third-order valence-electron chi connectivity index (χ3n) is 3.48. The van der Waals surface area contributed by atoms with Crippen LogP contribution in [0.5, 0.6) is 0 Å². The molecule has 0 unspecified atom stereocenters. The lowest BCUT2D eigenvalue weighted by molar-refractivity contribution is 0.269. The van der Waals surface area contributed by atoms with Crippen LogP contribution in [-0.2, 0) is 10.0 Å². The monoisotopic (exact) mass is 309 g/mol. The number of aromatic nitrogens is 1. The third kappa shape index (κ3) is 3.80. The fourth-order valence-corrected chi connectivity index (χ4v) is 4.42. The van der Waals surface area contributed by atoms with Gasteiger partial charge in [0.25, 0.3) is 0 Å². The van der Waals surface area contributed by atoms with Crippen molar-refractivity contribution in [1.82, 2.24) is 9.29 Å². The number of hydrogen-bond acceptors (Lipinski definition) is 4. The van der Waals surface area contributed by atoms with Gasteiger partial charge in [0, 0.05) is 18.9 Å². The van der Waals surface area contributed by atoms with Crippen molar-refractivity contribution in [1.29, 1.82) is 5.26 Å². The number of pyridine rings is 1. The Balaban J connectivity index is 3.31. The van der Waals surface area contributed by atoms with Crippen LogP contribution in [0.1, 0.15) is 45.7 Å². The SMILES string of the molecule is CC[C@@H](C#N)S(=O)(=O)N(CC)[C@H](c1cccnc1)C(C)C. The summed E-state index contributed by atoms with van der Waals surface area (Å²) in [5.74, 6) is 0.0834. The Morgan fingerprint density at radius 1 is 1.38 bits per heavy atom. The summed E-state index contributed by atoms with van der Waals surface area (Å²) < 4.78 is 26.9. The zero-order valence-electron chi connectivity index (χ0n) is 13.0. The molecule has 0 radical (unpaired) electrons. The first-order valence-electron chi connectivity index (χ1n) is 7.20. The number of hydrogen-bond donors (Lipinski definition) is 0. The van der Waals surface area contributed by atoms with Gasteiger partial charge < -0.3 is 0 Å². The van der Waals surface area contributed by atoms with Crippen LogP contribution in [0, 0.1) is 17.2 Å².